The highest BCUT2D eigenvalue weighted by Gasteiger charge is 2.55. The molecule has 2 aliphatic carbocycles. The first kappa shape index (κ1) is 13.2. The molecule has 1 aromatic rings. The van der Waals surface area contributed by atoms with Crippen molar-refractivity contribution in [3.05, 3.63) is 34.9 Å². The van der Waals surface area contributed by atoms with Gasteiger partial charge in [0.15, 0.2) is 0 Å². The third-order valence-corrected chi connectivity index (χ3v) is 5.73. The fourth-order valence-corrected chi connectivity index (χ4v) is 4.70. The summed E-state index contributed by atoms with van der Waals surface area (Å²) in [7, 11) is 2.10. The summed E-state index contributed by atoms with van der Waals surface area (Å²) in [4.78, 5) is 0. The monoisotopic (exact) mass is 257 g/mol. The molecule has 0 radical (unpaired) electrons. The quantitative estimate of drug-likeness (QED) is 0.859. The molecule has 2 fully saturated rings. The maximum atomic E-state index is 3.45. The second-order valence-corrected chi connectivity index (χ2v) is 7.17. The summed E-state index contributed by atoms with van der Waals surface area (Å²) in [5.41, 5.74) is 5.55. The van der Waals surface area contributed by atoms with Crippen LogP contribution < -0.4 is 5.32 Å². The van der Waals surface area contributed by atoms with E-state index in [0.29, 0.717) is 10.8 Å². The summed E-state index contributed by atoms with van der Waals surface area (Å²) < 4.78 is 0. The van der Waals surface area contributed by atoms with Crippen molar-refractivity contribution in [1.82, 2.24) is 5.32 Å². The number of nitrogens with one attached hydrogen (secondary N) is 1. The lowest BCUT2D eigenvalue weighted by Gasteiger charge is -2.56. The molecule has 19 heavy (non-hydrogen) atoms. The molecule has 1 aromatic carbocycles. The molecule has 0 saturated heterocycles. The van der Waals surface area contributed by atoms with Crippen LogP contribution in [0.2, 0.25) is 0 Å². The van der Waals surface area contributed by atoms with Gasteiger partial charge in [0.2, 0.25) is 0 Å². The first-order valence-electron chi connectivity index (χ1n) is 7.82. The van der Waals surface area contributed by atoms with Gasteiger partial charge in [-0.25, -0.2) is 0 Å². The zero-order valence-electron chi connectivity index (χ0n) is 12.7. The fraction of sp³-hybridized carbons (Fsp3) is 0.667. The lowest BCUT2D eigenvalue weighted by Crippen LogP contribution is -2.53. The molecule has 3 rings (SSSR count). The zero-order chi connectivity index (χ0) is 13.5. The number of likely N-dealkylation sites (N-methyl/N-ethyl adjacent to an activating group) is 1. The van der Waals surface area contributed by atoms with Gasteiger partial charge in [0.1, 0.15) is 0 Å². The van der Waals surface area contributed by atoms with Crippen LogP contribution in [0.1, 0.15) is 55.2 Å². The van der Waals surface area contributed by atoms with Gasteiger partial charge in [-0.15, -0.1) is 0 Å². The van der Waals surface area contributed by atoms with Crippen LogP contribution in [-0.4, -0.2) is 13.6 Å². The van der Waals surface area contributed by atoms with E-state index in [1.54, 1.807) is 5.56 Å². The van der Waals surface area contributed by atoms with Crippen molar-refractivity contribution >= 4 is 0 Å². The molecule has 0 unspecified atom stereocenters. The van der Waals surface area contributed by atoms with Crippen LogP contribution in [0.3, 0.4) is 0 Å². The number of hydrogen-bond donors (Lipinski definition) is 1. The predicted octanol–water partition coefficient (Wildman–Crippen LogP) is 4.11. The average Bonchev–Trinajstić information content (AvgIpc) is 2.81. The Morgan fingerprint density at radius 2 is 1.74 bits per heavy atom. The molecule has 1 nitrogen and oxygen atoms in total. The highest BCUT2D eigenvalue weighted by atomic mass is 14.8. The number of benzene rings is 1. The van der Waals surface area contributed by atoms with Gasteiger partial charge in [-0.3, -0.25) is 0 Å². The molecule has 1 heteroatoms. The molecule has 1 N–H and O–H groups in total. The normalized spacial score (nSPS) is 23.5. The van der Waals surface area contributed by atoms with Crippen LogP contribution in [0, 0.1) is 19.3 Å². The molecule has 1 spiro atoms. The Bertz CT molecular complexity index is 461. The summed E-state index contributed by atoms with van der Waals surface area (Å²) >= 11 is 0. The van der Waals surface area contributed by atoms with E-state index < -0.39 is 0 Å². The molecular formula is C18H27N. The second kappa shape index (κ2) is 4.63. The Morgan fingerprint density at radius 1 is 1.05 bits per heavy atom. The van der Waals surface area contributed by atoms with Gasteiger partial charge in [0, 0.05) is 12.0 Å². The Morgan fingerprint density at radius 3 is 2.32 bits per heavy atom. The summed E-state index contributed by atoms with van der Waals surface area (Å²) in [5.74, 6) is 0. The molecule has 0 amide bonds. The summed E-state index contributed by atoms with van der Waals surface area (Å²) in [6.45, 7) is 5.59. The highest BCUT2D eigenvalue weighted by Crippen LogP contribution is 2.62. The van der Waals surface area contributed by atoms with E-state index in [0.717, 1.165) is 6.54 Å². The highest BCUT2D eigenvalue weighted by molar-refractivity contribution is 5.38. The predicted molar refractivity (Wildman–Crippen MR) is 81.7 cm³/mol. The minimum Gasteiger partial charge on any atom is -0.319 e. The Hall–Kier alpha value is -0.820. The lowest BCUT2D eigenvalue weighted by molar-refractivity contribution is 0.0282. The summed E-state index contributed by atoms with van der Waals surface area (Å²) in [5, 5.41) is 3.45. The van der Waals surface area contributed by atoms with E-state index in [4.69, 9.17) is 0 Å². The van der Waals surface area contributed by atoms with E-state index in [1.807, 2.05) is 0 Å². The molecule has 0 heterocycles. The average molecular weight is 257 g/mol. The van der Waals surface area contributed by atoms with Crippen LogP contribution >= 0.6 is 0 Å². The summed E-state index contributed by atoms with van der Waals surface area (Å²) in [6.07, 6.45) is 8.68. The topological polar surface area (TPSA) is 12.0 Å². The van der Waals surface area contributed by atoms with Gasteiger partial charge in [-0.1, -0.05) is 31.0 Å². The number of hydrogen-bond acceptors (Lipinski definition) is 1. The van der Waals surface area contributed by atoms with Gasteiger partial charge in [0.25, 0.3) is 0 Å². The maximum absolute atomic E-state index is 3.45. The van der Waals surface area contributed by atoms with Crippen molar-refractivity contribution in [2.24, 2.45) is 5.41 Å². The minimum absolute atomic E-state index is 0.414. The van der Waals surface area contributed by atoms with Gasteiger partial charge in [0.05, 0.1) is 0 Å². The van der Waals surface area contributed by atoms with Gasteiger partial charge in [-0.2, -0.15) is 0 Å². The third kappa shape index (κ3) is 2.12. The largest absolute Gasteiger partial charge is 0.319 e. The van der Waals surface area contributed by atoms with Crippen molar-refractivity contribution in [3.63, 3.8) is 0 Å². The van der Waals surface area contributed by atoms with Crippen LogP contribution in [-0.2, 0) is 5.41 Å². The Labute approximate surface area is 117 Å². The maximum Gasteiger partial charge on any atom is 0.00883 e. The van der Waals surface area contributed by atoms with Crippen LogP contribution in [0.15, 0.2) is 18.2 Å². The summed E-state index contributed by atoms with van der Waals surface area (Å²) in [6, 6.07) is 7.12. The van der Waals surface area contributed by atoms with Gasteiger partial charge in [-0.05, 0) is 68.7 Å². The molecule has 2 aliphatic rings. The van der Waals surface area contributed by atoms with Crippen LogP contribution in [0.4, 0.5) is 0 Å². The van der Waals surface area contributed by atoms with Crippen LogP contribution in [0.5, 0.6) is 0 Å². The van der Waals surface area contributed by atoms with Crippen molar-refractivity contribution in [2.75, 3.05) is 13.6 Å². The van der Waals surface area contributed by atoms with Crippen molar-refractivity contribution in [3.8, 4) is 0 Å². The van der Waals surface area contributed by atoms with E-state index in [1.165, 1.54) is 49.7 Å². The first-order chi connectivity index (χ1) is 9.09. The van der Waals surface area contributed by atoms with Gasteiger partial charge >= 0.3 is 0 Å². The molecule has 104 valence electrons. The lowest BCUT2D eigenvalue weighted by atomic mass is 9.49. The molecule has 0 bridgehead atoms. The first-order valence-corrected chi connectivity index (χ1v) is 7.82. The molecule has 0 aliphatic heterocycles. The van der Waals surface area contributed by atoms with Crippen molar-refractivity contribution < 1.29 is 0 Å². The number of aryl methyl sites for hydroxylation is 2. The van der Waals surface area contributed by atoms with E-state index >= 15 is 0 Å². The van der Waals surface area contributed by atoms with Crippen molar-refractivity contribution in [2.45, 2.75) is 57.8 Å². The Kier molecular flexibility index (Phi) is 3.21. The molecular weight excluding hydrogens is 230 g/mol. The molecule has 2 saturated carbocycles. The zero-order valence-corrected chi connectivity index (χ0v) is 12.7. The second-order valence-electron chi connectivity index (χ2n) is 7.17. The number of rotatable bonds is 3. The Balaban J connectivity index is 1.87. The van der Waals surface area contributed by atoms with E-state index in [-0.39, 0.29) is 0 Å². The standard InChI is InChI=1S/C18H27N/c1-14-6-7-16(10-15(14)2)18(13-19-3)11-17(12-18)8-4-5-9-17/h6-7,10,19H,4-5,8-9,11-13H2,1-3H3. The van der Waals surface area contributed by atoms with Crippen LogP contribution in [0.25, 0.3) is 0 Å². The van der Waals surface area contributed by atoms with E-state index in [9.17, 15) is 0 Å². The van der Waals surface area contributed by atoms with Gasteiger partial charge < -0.3 is 5.32 Å². The molecule has 0 aromatic heterocycles. The molecule has 0 atom stereocenters. The van der Waals surface area contributed by atoms with Crippen molar-refractivity contribution in [1.29, 1.82) is 0 Å². The third-order valence-electron chi connectivity index (χ3n) is 5.73. The fourth-order valence-electron chi connectivity index (χ4n) is 4.70. The minimum atomic E-state index is 0.414. The smallest absolute Gasteiger partial charge is 0.00883 e. The SMILES string of the molecule is CNCC1(c2ccc(C)c(C)c2)CC2(CCCC2)C1. The van der Waals surface area contributed by atoms with E-state index in [2.05, 4.69) is 44.4 Å².